The molecule has 0 unspecified atom stereocenters. The summed E-state index contributed by atoms with van der Waals surface area (Å²) in [6.45, 7) is 2.01. The summed E-state index contributed by atoms with van der Waals surface area (Å²) in [5.74, 6) is -0.125. The highest BCUT2D eigenvalue weighted by molar-refractivity contribution is 7.18. The molecule has 3 aromatic rings. The van der Waals surface area contributed by atoms with E-state index in [-0.39, 0.29) is 6.79 Å². The summed E-state index contributed by atoms with van der Waals surface area (Å²) in [6, 6.07) is 9.40. The van der Waals surface area contributed by atoms with Crippen LogP contribution in [0, 0.1) is 18.3 Å². The van der Waals surface area contributed by atoms with Crippen LogP contribution in [-0.4, -0.2) is 31.5 Å². The average Bonchev–Trinajstić information content (AvgIpc) is 3.16. The van der Waals surface area contributed by atoms with Gasteiger partial charge in [-0.05, 0) is 25.1 Å². The Morgan fingerprint density at radius 1 is 1.32 bits per heavy atom. The Labute approximate surface area is 148 Å². The zero-order valence-corrected chi connectivity index (χ0v) is 14.8. The molecule has 0 atom stereocenters. The number of thiophene rings is 1. The maximum absolute atomic E-state index is 11.9. The van der Waals surface area contributed by atoms with Crippen LogP contribution in [0.15, 0.2) is 30.5 Å². The summed E-state index contributed by atoms with van der Waals surface area (Å²) in [5.41, 5.74) is 1.71. The predicted octanol–water partition coefficient (Wildman–Crippen LogP) is 3.64. The third kappa shape index (κ3) is 3.09. The second-order valence-corrected chi connectivity index (χ2v) is 6.56. The molecule has 3 rings (SSSR count). The Morgan fingerprint density at radius 3 is 2.80 bits per heavy atom. The molecule has 0 radical (unpaired) electrons. The molecule has 7 heteroatoms. The molecule has 0 amide bonds. The number of aryl methyl sites for hydroxylation is 1. The van der Waals surface area contributed by atoms with Crippen molar-refractivity contribution in [1.82, 2.24) is 4.57 Å². The highest BCUT2D eigenvalue weighted by Crippen LogP contribution is 2.33. The first kappa shape index (κ1) is 17.0. The number of ether oxygens (including phenoxy) is 3. The fourth-order valence-electron chi connectivity index (χ4n) is 2.59. The Morgan fingerprint density at radius 2 is 2.12 bits per heavy atom. The van der Waals surface area contributed by atoms with Crippen LogP contribution in [0.2, 0.25) is 0 Å². The van der Waals surface area contributed by atoms with Gasteiger partial charge in [0.2, 0.25) is 0 Å². The molecule has 0 saturated carbocycles. The molecule has 0 aliphatic rings. The molecule has 128 valence electrons. The number of fused-ring (bicyclic) bond motifs is 1. The number of aromatic nitrogens is 1. The molecule has 0 spiro atoms. The lowest BCUT2D eigenvalue weighted by molar-refractivity contribution is 0.0465. The summed E-state index contributed by atoms with van der Waals surface area (Å²) in [6.07, 6.45) is 1.79. The topological polar surface area (TPSA) is 73.5 Å². The van der Waals surface area contributed by atoms with Crippen molar-refractivity contribution in [1.29, 1.82) is 5.26 Å². The van der Waals surface area contributed by atoms with Crippen LogP contribution < -0.4 is 4.74 Å². The van der Waals surface area contributed by atoms with E-state index in [9.17, 15) is 10.1 Å². The smallest absolute Gasteiger partial charge is 0.341 e. The van der Waals surface area contributed by atoms with Gasteiger partial charge < -0.3 is 18.8 Å². The maximum atomic E-state index is 11.9. The van der Waals surface area contributed by atoms with Crippen LogP contribution in [0.5, 0.6) is 5.75 Å². The first-order chi connectivity index (χ1) is 12.1. The quantitative estimate of drug-likeness (QED) is 0.515. The van der Waals surface area contributed by atoms with Crippen molar-refractivity contribution < 1.29 is 19.0 Å². The lowest BCUT2D eigenvalue weighted by Gasteiger charge is -2.12. The van der Waals surface area contributed by atoms with E-state index in [1.54, 1.807) is 35.7 Å². The van der Waals surface area contributed by atoms with Gasteiger partial charge in [-0.1, -0.05) is 0 Å². The SMILES string of the molecule is COCOc1cc(-n2cc(C#N)c3cc(C)sc32)ccc1C(=O)OC. The van der Waals surface area contributed by atoms with E-state index in [1.807, 2.05) is 17.6 Å². The van der Waals surface area contributed by atoms with Crippen LogP contribution in [0.25, 0.3) is 15.9 Å². The minimum Gasteiger partial charge on any atom is -0.467 e. The molecule has 2 aromatic heterocycles. The second kappa shape index (κ2) is 6.97. The van der Waals surface area contributed by atoms with Crippen LogP contribution >= 0.6 is 11.3 Å². The van der Waals surface area contributed by atoms with Crippen molar-refractivity contribution in [3.8, 4) is 17.5 Å². The van der Waals surface area contributed by atoms with Crippen LogP contribution in [-0.2, 0) is 9.47 Å². The Hall–Kier alpha value is -2.82. The standard InChI is InChI=1S/C18H16N2O4S/c1-11-6-15-12(8-19)9-20(17(15)25-11)13-4-5-14(18(21)23-3)16(7-13)24-10-22-2/h4-7,9H,10H2,1-3H3. The number of methoxy groups -OCH3 is 2. The number of hydrogen-bond donors (Lipinski definition) is 0. The van der Waals surface area contributed by atoms with Crippen molar-refractivity contribution in [3.63, 3.8) is 0 Å². The van der Waals surface area contributed by atoms with Gasteiger partial charge in [0.1, 0.15) is 22.2 Å². The largest absolute Gasteiger partial charge is 0.467 e. The summed E-state index contributed by atoms with van der Waals surface area (Å²) in [4.78, 5) is 14.0. The molecule has 0 bridgehead atoms. The lowest BCUT2D eigenvalue weighted by atomic mass is 10.2. The molecule has 25 heavy (non-hydrogen) atoms. The molecule has 0 saturated heterocycles. The molecule has 6 nitrogen and oxygen atoms in total. The highest BCUT2D eigenvalue weighted by atomic mass is 32.1. The molecule has 0 aliphatic carbocycles. The van der Waals surface area contributed by atoms with E-state index in [0.717, 1.165) is 20.8 Å². The fraction of sp³-hybridized carbons (Fsp3) is 0.222. The monoisotopic (exact) mass is 356 g/mol. The van der Waals surface area contributed by atoms with Crippen LogP contribution in [0.3, 0.4) is 0 Å². The van der Waals surface area contributed by atoms with E-state index < -0.39 is 5.97 Å². The summed E-state index contributed by atoms with van der Waals surface area (Å²) < 4.78 is 17.2. The van der Waals surface area contributed by atoms with E-state index in [0.29, 0.717) is 16.9 Å². The number of esters is 1. The van der Waals surface area contributed by atoms with Crippen molar-refractivity contribution in [3.05, 3.63) is 46.5 Å². The number of carbonyl (C=O) groups excluding carboxylic acids is 1. The van der Waals surface area contributed by atoms with Gasteiger partial charge in [-0.15, -0.1) is 11.3 Å². The molecule has 2 heterocycles. The lowest BCUT2D eigenvalue weighted by Crippen LogP contribution is -2.08. The fourth-order valence-corrected chi connectivity index (χ4v) is 3.61. The van der Waals surface area contributed by atoms with Crippen molar-refractivity contribution in [2.24, 2.45) is 0 Å². The number of hydrogen-bond acceptors (Lipinski definition) is 6. The van der Waals surface area contributed by atoms with E-state index in [1.165, 1.54) is 14.2 Å². The number of benzene rings is 1. The van der Waals surface area contributed by atoms with Gasteiger partial charge in [0.25, 0.3) is 0 Å². The first-order valence-corrected chi connectivity index (χ1v) is 8.26. The zero-order valence-electron chi connectivity index (χ0n) is 14.0. The van der Waals surface area contributed by atoms with Gasteiger partial charge in [0, 0.05) is 29.6 Å². The van der Waals surface area contributed by atoms with Gasteiger partial charge in [0.05, 0.1) is 18.4 Å². The van der Waals surface area contributed by atoms with Gasteiger partial charge >= 0.3 is 5.97 Å². The predicted molar refractivity (Wildman–Crippen MR) is 94.4 cm³/mol. The Bertz CT molecular complexity index is 981. The Balaban J connectivity index is 2.14. The molecule has 0 fully saturated rings. The van der Waals surface area contributed by atoms with E-state index in [4.69, 9.17) is 14.2 Å². The highest BCUT2D eigenvalue weighted by Gasteiger charge is 2.17. The number of carbonyl (C=O) groups is 1. The molecule has 0 aliphatic heterocycles. The maximum Gasteiger partial charge on any atom is 0.341 e. The third-order valence-electron chi connectivity index (χ3n) is 3.70. The first-order valence-electron chi connectivity index (χ1n) is 7.45. The second-order valence-electron chi connectivity index (χ2n) is 5.32. The van der Waals surface area contributed by atoms with Crippen molar-refractivity contribution in [2.75, 3.05) is 21.0 Å². The molecular formula is C18H16N2O4S. The normalized spacial score (nSPS) is 10.6. The summed E-state index contributed by atoms with van der Waals surface area (Å²) in [7, 11) is 2.82. The summed E-state index contributed by atoms with van der Waals surface area (Å²) >= 11 is 1.60. The minimum atomic E-state index is -0.486. The van der Waals surface area contributed by atoms with E-state index >= 15 is 0 Å². The minimum absolute atomic E-state index is 0.0100. The number of rotatable bonds is 5. The van der Waals surface area contributed by atoms with Crippen LogP contribution in [0.1, 0.15) is 20.8 Å². The van der Waals surface area contributed by atoms with Gasteiger partial charge in [-0.2, -0.15) is 5.26 Å². The van der Waals surface area contributed by atoms with Gasteiger partial charge in [-0.3, -0.25) is 0 Å². The number of nitrogens with zero attached hydrogens (tertiary/aromatic N) is 2. The molecule has 0 N–H and O–H groups in total. The van der Waals surface area contributed by atoms with E-state index in [2.05, 4.69) is 6.07 Å². The molecule has 1 aromatic carbocycles. The number of nitriles is 1. The van der Waals surface area contributed by atoms with Gasteiger partial charge in [-0.25, -0.2) is 4.79 Å². The average molecular weight is 356 g/mol. The van der Waals surface area contributed by atoms with Crippen LogP contribution in [0.4, 0.5) is 0 Å². The summed E-state index contributed by atoms with van der Waals surface area (Å²) in [5, 5.41) is 10.3. The van der Waals surface area contributed by atoms with Crippen molar-refractivity contribution in [2.45, 2.75) is 6.92 Å². The zero-order chi connectivity index (χ0) is 18.0. The Kier molecular flexibility index (Phi) is 4.74. The van der Waals surface area contributed by atoms with Gasteiger partial charge in [0.15, 0.2) is 6.79 Å². The molecular weight excluding hydrogens is 340 g/mol. The van der Waals surface area contributed by atoms with Crippen molar-refractivity contribution >= 4 is 27.5 Å². The third-order valence-corrected chi connectivity index (χ3v) is 4.75.